The van der Waals surface area contributed by atoms with Gasteiger partial charge in [0.1, 0.15) is 23.4 Å². The number of carbonyl (C=O) groups excluding carboxylic acids is 2. The van der Waals surface area contributed by atoms with Gasteiger partial charge in [-0.15, -0.1) is 11.3 Å². The van der Waals surface area contributed by atoms with E-state index in [2.05, 4.69) is 20.8 Å². The van der Waals surface area contributed by atoms with E-state index in [9.17, 15) is 23.1 Å². The van der Waals surface area contributed by atoms with Crippen molar-refractivity contribution in [2.45, 2.75) is 76.2 Å². The minimum absolute atomic E-state index is 0.0665. The van der Waals surface area contributed by atoms with E-state index in [-0.39, 0.29) is 35.8 Å². The summed E-state index contributed by atoms with van der Waals surface area (Å²) in [5.74, 6) is -0.979. The lowest BCUT2D eigenvalue weighted by atomic mass is 9.97. The van der Waals surface area contributed by atoms with Crippen molar-refractivity contribution in [3.05, 3.63) is 69.9 Å². The molecule has 4 atom stereocenters. The van der Waals surface area contributed by atoms with Crippen molar-refractivity contribution >= 4 is 39.3 Å². The van der Waals surface area contributed by atoms with E-state index in [1.54, 1.807) is 23.6 Å². The number of oxime groups is 1. The highest BCUT2D eigenvalue weighted by Crippen LogP contribution is 2.24. The molecule has 1 aliphatic heterocycles. The Kier molecular flexibility index (Phi) is 12.2. The summed E-state index contributed by atoms with van der Waals surface area (Å²) in [6.07, 6.45) is 0.0531. The van der Waals surface area contributed by atoms with Gasteiger partial charge in [0.2, 0.25) is 20.8 Å². The highest BCUT2D eigenvalue weighted by molar-refractivity contribution is 7.91. The number of amides is 3. The number of furan rings is 1. The third kappa shape index (κ3) is 8.97. The average molecular weight is 689 g/mol. The Balaban J connectivity index is 1.50. The maximum absolute atomic E-state index is 13.9. The topological polar surface area (TPSA) is 178 Å². The standard InChI is InChI=1S/C32H44N6O7S2/c1-20(2)29(38-14-13-37(32(38)41)18-24-19-46-22(5)35-24)30(40)36-26(15-23-9-7-6-8-10-23)27(39)17-33-31(21(3)4)47(43,44)28-12-11-25(45-28)16-34-42/h6-12,16,19-21,26-27,29,31,33,39,42H,13-15,17-18H2,1-5H3,(H,36,40)/b34-16+/t26?,27-,29+,31+/m1/s1. The van der Waals surface area contributed by atoms with Gasteiger partial charge < -0.3 is 29.8 Å². The minimum Gasteiger partial charge on any atom is -0.444 e. The van der Waals surface area contributed by atoms with Crippen LogP contribution in [0.4, 0.5) is 4.79 Å². The molecule has 0 aliphatic carbocycles. The second-order valence-electron chi connectivity index (χ2n) is 12.3. The molecular weight excluding hydrogens is 645 g/mol. The van der Waals surface area contributed by atoms with E-state index < -0.39 is 45.2 Å². The van der Waals surface area contributed by atoms with Crippen LogP contribution in [-0.2, 0) is 27.6 Å². The normalized spacial score (nSPS) is 16.7. The molecule has 0 saturated carbocycles. The summed E-state index contributed by atoms with van der Waals surface area (Å²) < 4.78 is 32.3. The first-order chi connectivity index (χ1) is 22.3. The van der Waals surface area contributed by atoms with E-state index in [1.165, 1.54) is 23.5 Å². The number of aliphatic hydroxyl groups is 1. The first kappa shape index (κ1) is 36.1. The number of aliphatic hydroxyl groups excluding tert-OH is 1. The van der Waals surface area contributed by atoms with Crippen LogP contribution in [0.5, 0.6) is 0 Å². The van der Waals surface area contributed by atoms with Gasteiger partial charge >= 0.3 is 6.03 Å². The summed E-state index contributed by atoms with van der Waals surface area (Å²) in [5.41, 5.74) is 1.67. The lowest BCUT2D eigenvalue weighted by molar-refractivity contribution is -0.128. The second kappa shape index (κ2) is 15.9. The molecule has 0 radical (unpaired) electrons. The molecule has 1 saturated heterocycles. The Morgan fingerprint density at radius 1 is 1.13 bits per heavy atom. The molecule has 1 aliphatic rings. The van der Waals surface area contributed by atoms with Crippen molar-refractivity contribution in [2.75, 3.05) is 19.6 Å². The number of hydrogen-bond donors (Lipinski definition) is 4. The van der Waals surface area contributed by atoms with Crippen LogP contribution in [-0.4, -0.2) is 94.9 Å². The number of rotatable bonds is 16. The second-order valence-corrected chi connectivity index (χ2v) is 15.4. The fraction of sp³-hybridized carbons (Fsp3) is 0.500. The molecule has 3 aromatic rings. The number of thiazole rings is 1. The van der Waals surface area contributed by atoms with Crippen molar-refractivity contribution in [3.8, 4) is 0 Å². The van der Waals surface area contributed by atoms with Crippen LogP contribution in [0.2, 0.25) is 0 Å². The Morgan fingerprint density at radius 2 is 1.85 bits per heavy atom. The van der Waals surface area contributed by atoms with E-state index in [4.69, 9.17) is 9.62 Å². The molecule has 4 rings (SSSR count). The molecule has 0 spiro atoms. The van der Waals surface area contributed by atoms with Crippen molar-refractivity contribution in [1.29, 1.82) is 0 Å². The number of hydrogen-bond acceptors (Lipinski definition) is 11. The fourth-order valence-electron chi connectivity index (χ4n) is 5.73. The molecule has 2 aromatic heterocycles. The number of urea groups is 1. The maximum Gasteiger partial charge on any atom is 0.321 e. The maximum atomic E-state index is 13.9. The number of sulfone groups is 1. The van der Waals surface area contributed by atoms with Gasteiger partial charge in [-0.1, -0.05) is 63.2 Å². The predicted molar refractivity (Wildman–Crippen MR) is 178 cm³/mol. The van der Waals surface area contributed by atoms with Gasteiger partial charge in [-0.25, -0.2) is 18.2 Å². The molecule has 4 N–H and O–H groups in total. The monoisotopic (exact) mass is 688 g/mol. The highest BCUT2D eigenvalue weighted by Gasteiger charge is 2.40. The zero-order valence-corrected chi connectivity index (χ0v) is 28.9. The Bertz CT molecular complexity index is 1620. The molecule has 1 fully saturated rings. The van der Waals surface area contributed by atoms with E-state index in [1.807, 2.05) is 56.5 Å². The summed E-state index contributed by atoms with van der Waals surface area (Å²) in [7, 11) is -4.04. The summed E-state index contributed by atoms with van der Waals surface area (Å²) >= 11 is 1.52. The minimum atomic E-state index is -4.04. The Hall–Kier alpha value is -3.79. The average Bonchev–Trinajstić information content (AvgIpc) is 3.75. The fourth-order valence-corrected chi connectivity index (χ4v) is 8.08. The molecule has 256 valence electrons. The van der Waals surface area contributed by atoms with E-state index >= 15 is 0 Å². The summed E-state index contributed by atoms with van der Waals surface area (Å²) in [6.45, 7) is 10.1. The molecule has 3 amide bonds. The number of aryl methyl sites for hydroxylation is 1. The number of nitrogens with zero attached hydrogens (tertiary/aromatic N) is 4. The van der Waals surface area contributed by atoms with Gasteiger partial charge in [0, 0.05) is 25.0 Å². The third-order valence-corrected chi connectivity index (χ3v) is 11.0. The van der Waals surface area contributed by atoms with Crippen molar-refractivity contribution in [3.63, 3.8) is 0 Å². The first-order valence-corrected chi connectivity index (χ1v) is 18.0. The molecule has 0 bridgehead atoms. The summed E-state index contributed by atoms with van der Waals surface area (Å²) in [4.78, 5) is 35.1. The van der Waals surface area contributed by atoms with Crippen LogP contribution in [0.3, 0.4) is 0 Å². The number of carbonyl (C=O) groups is 2. The lowest BCUT2D eigenvalue weighted by Gasteiger charge is -2.33. The van der Waals surface area contributed by atoms with E-state index in [0.717, 1.165) is 22.5 Å². The number of benzene rings is 1. The van der Waals surface area contributed by atoms with Crippen LogP contribution in [0, 0.1) is 18.8 Å². The van der Waals surface area contributed by atoms with Gasteiger partial charge in [0.25, 0.3) is 0 Å². The van der Waals surface area contributed by atoms with Gasteiger partial charge in [-0.3, -0.25) is 10.1 Å². The molecule has 3 heterocycles. The van der Waals surface area contributed by atoms with Crippen LogP contribution >= 0.6 is 11.3 Å². The predicted octanol–water partition coefficient (Wildman–Crippen LogP) is 3.25. The van der Waals surface area contributed by atoms with Gasteiger partial charge in [-0.2, -0.15) is 0 Å². The smallest absolute Gasteiger partial charge is 0.321 e. The number of aromatic nitrogens is 1. The number of nitrogens with one attached hydrogen (secondary N) is 2. The van der Waals surface area contributed by atoms with Gasteiger partial charge in [-0.05, 0) is 42.9 Å². The molecule has 13 nitrogen and oxygen atoms in total. The lowest BCUT2D eigenvalue weighted by Crippen LogP contribution is -2.57. The van der Waals surface area contributed by atoms with Crippen molar-refractivity contribution < 1.29 is 32.7 Å². The first-order valence-electron chi connectivity index (χ1n) is 15.5. The Morgan fingerprint density at radius 3 is 2.47 bits per heavy atom. The molecule has 1 unspecified atom stereocenters. The van der Waals surface area contributed by atoms with Gasteiger partial charge in [0.05, 0.1) is 29.4 Å². The highest BCUT2D eigenvalue weighted by atomic mass is 32.2. The van der Waals surface area contributed by atoms with Crippen LogP contribution in [0.1, 0.15) is 49.7 Å². The SMILES string of the molecule is Cc1nc(CN2CCN([C@H](C(=O)NC(Cc3ccccc3)[C@H](O)CN[C@H](C(C)C)S(=O)(=O)c3ccc(/C=N/O)o3)C(C)C)C2=O)cs1. The quantitative estimate of drug-likeness (QED) is 0.0999. The van der Waals surface area contributed by atoms with Crippen LogP contribution in [0.15, 0.2) is 62.5 Å². The largest absolute Gasteiger partial charge is 0.444 e. The van der Waals surface area contributed by atoms with Crippen molar-refractivity contribution in [1.82, 2.24) is 25.4 Å². The van der Waals surface area contributed by atoms with Crippen molar-refractivity contribution in [2.24, 2.45) is 17.0 Å². The summed E-state index contributed by atoms with van der Waals surface area (Å²) in [5, 5.41) is 30.5. The van der Waals surface area contributed by atoms with Crippen LogP contribution < -0.4 is 10.6 Å². The zero-order valence-electron chi connectivity index (χ0n) is 27.2. The zero-order chi connectivity index (χ0) is 34.3. The summed E-state index contributed by atoms with van der Waals surface area (Å²) in [6, 6.07) is 10.2. The molecule has 47 heavy (non-hydrogen) atoms. The molecular formula is C32H44N6O7S2. The molecule has 15 heteroatoms. The van der Waals surface area contributed by atoms with E-state index in [0.29, 0.717) is 19.6 Å². The Labute approximate surface area is 279 Å². The molecule has 1 aromatic carbocycles. The third-order valence-electron chi connectivity index (χ3n) is 8.01. The van der Waals surface area contributed by atoms with Gasteiger partial charge in [0.15, 0.2) is 0 Å². The van der Waals surface area contributed by atoms with Crippen LogP contribution in [0.25, 0.3) is 0 Å².